The largest absolute Gasteiger partial charge is 0.457 e. The molecule has 0 spiro atoms. The standard InChI is InChI=1S/C23H23N5O3/c29-22-11-6-12-26(22)13-17-14-28(25-24-17)18-15-27(16-18)23(30)20-9-4-5-10-21(20)31-19-7-2-1-3-8-19/h1-5,7-10,14,18H,6,11-13,15-16H2. The molecule has 8 heteroatoms. The zero-order valence-electron chi connectivity index (χ0n) is 17.1. The number of rotatable bonds is 6. The summed E-state index contributed by atoms with van der Waals surface area (Å²) in [6.45, 7) is 2.40. The second-order valence-electron chi connectivity index (χ2n) is 7.88. The van der Waals surface area contributed by atoms with Crippen LogP contribution in [0, 0.1) is 0 Å². The van der Waals surface area contributed by atoms with Gasteiger partial charge in [-0.1, -0.05) is 35.5 Å². The highest BCUT2D eigenvalue weighted by molar-refractivity contribution is 5.97. The van der Waals surface area contributed by atoms with Gasteiger partial charge in [0, 0.05) is 26.1 Å². The molecule has 0 bridgehead atoms. The molecular weight excluding hydrogens is 394 g/mol. The van der Waals surface area contributed by atoms with Crippen molar-refractivity contribution in [3.63, 3.8) is 0 Å². The van der Waals surface area contributed by atoms with E-state index in [1.165, 1.54) is 0 Å². The Bertz CT molecular complexity index is 1090. The van der Waals surface area contributed by atoms with Crippen molar-refractivity contribution in [2.75, 3.05) is 19.6 Å². The highest BCUT2D eigenvalue weighted by Gasteiger charge is 2.34. The van der Waals surface area contributed by atoms with Crippen molar-refractivity contribution < 1.29 is 14.3 Å². The fourth-order valence-corrected chi connectivity index (χ4v) is 3.94. The Morgan fingerprint density at radius 3 is 2.61 bits per heavy atom. The maximum atomic E-state index is 13.0. The van der Waals surface area contributed by atoms with Crippen LogP contribution in [0.5, 0.6) is 11.5 Å². The Morgan fingerprint density at radius 2 is 1.84 bits per heavy atom. The number of carbonyl (C=O) groups excluding carboxylic acids is 2. The van der Waals surface area contributed by atoms with E-state index in [-0.39, 0.29) is 17.9 Å². The van der Waals surface area contributed by atoms with Gasteiger partial charge < -0.3 is 14.5 Å². The molecule has 0 unspecified atom stereocenters. The van der Waals surface area contributed by atoms with Crippen LogP contribution in [0.15, 0.2) is 60.8 Å². The Labute approximate surface area is 180 Å². The minimum Gasteiger partial charge on any atom is -0.457 e. The lowest BCUT2D eigenvalue weighted by molar-refractivity contribution is -0.128. The van der Waals surface area contributed by atoms with E-state index in [4.69, 9.17) is 4.74 Å². The smallest absolute Gasteiger partial charge is 0.257 e. The Kier molecular flexibility index (Phi) is 5.11. The lowest BCUT2D eigenvalue weighted by atomic mass is 10.1. The topological polar surface area (TPSA) is 80.6 Å². The maximum Gasteiger partial charge on any atom is 0.257 e. The van der Waals surface area contributed by atoms with Crippen LogP contribution in [0.3, 0.4) is 0 Å². The molecule has 31 heavy (non-hydrogen) atoms. The molecule has 2 amide bonds. The van der Waals surface area contributed by atoms with E-state index in [9.17, 15) is 9.59 Å². The first-order valence-corrected chi connectivity index (χ1v) is 10.5. The van der Waals surface area contributed by atoms with E-state index in [1.54, 1.807) is 21.7 Å². The van der Waals surface area contributed by atoms with Gasteiger partial charge in [-0.3, -0.25) is 9.59 Å². The molecule has 0 atom stereocenters. The molecule has 2 saturated heterocycles. The third-order valence-electron chi connectivity index (χ3n) is 5.69. The van der Waals surface area contributed by atoms with E-state index in [0.29, 0.717) is 43.1 Å². The molecule has 1 aromatic heterocycles. The molecule has 158 valence electrons. The molecule has 0 aliphatic carbocycles. The first-order valence-electron chi connectivity index (χ1n) is 10.5. The zero-order chi connectivity index (χ0) is 21.2. The maximum absolute atomic E-state index is 13.0. The lowest BCUT2D eigenvalue weighted by Crippen LogP contribution is -2.51. The molecule has 3 heterocycles. The first-order chi connectivity index (χ1) is 15.2. The third kappa shape index (κ3) is 4.01. The van der Waals surface area contributed by atoms with Crippen molar-refractivity contribution in [1.82, 2.24) is 24.8 Å². The monoisotopic (exact) mass is 417 g/mol. The van der Waals surface area contributed by atoms with Gasteiger partial charge >= 0.3 is 0 Å². The molecule has 0 radical (unpaired) electrons. The minimum absolute atomic E-state index is 0.0641. The second-order valence-corrected chi connectivity index (χ2v) is 7.88. The highest BCUT2D eigenvalue weighted by atomic mass is 16.5. The Morgan fingerprint density at radius 1 is 1.06 bits per heavy atom. The number of hydrogen-bond donors (Lipinski definition) is 0. The molecule has 5 rings (SSSR count). The third-order valence-corrected chi connectivity index (χ3v) is 5.69. The van der Waals surface area contributed by atoms with Crippen molar-refractivity contribution in [1.29, 1.82) is 0 Å². The molecule has 2 aromatic carbocycles. The number of aromatic nitrogens is 3. The van der Waals surface area contributed by atoms with Crippen LogP contribution in [0.4, 0.5) is 0 Å². The summed E-state index contributed by atoms with van der Waals surface area (Å²) in [6.07, 6.45) is 3.40. The normalized spacial score (nSPS) is 16.5. The quantitative estimate of drug-likeness (QED) is 0.616. The second kappa shape index (κ2) is 8.22. The zero-order valence-corrected chi connectivity index (χ0v) is 17.1. The average Bonchev–Trinajstić information content (AvgIpc) is 3.37. The van der Waals surface area contributed by atoms with Crippen LogP contribution in [0.25, 0.3) is 0 Å². The van der Waals surface area contributed by atoms with Crippen LogP contribution in [0.2, 0.25) is 0 Å². The summed E-state index contributed by atoms with van der Waals surface area (Å²) < 4.78 is 7.73. The highest BCUT2D eigenvalue weighted by Crippen LogP contribution is 2.29. The summed E-state index contributed by atoms with van der Waals surface area (Å²) in [5.74, 6) is 1.34. The van der Waals surface area contributed by atoms with Gasteiger partial charge in [0.05, 0.1) is 24.3 Å². The molecule has 2 aliphatic heterocycles. The number of nitrogens with zero attached hydrogens (tertiary/aromatic N) is 5. The van der Waals surface area contributed by atoms with E-state index in [0.717, 1.165) is 18.7 Å². The number of amides is 2. The van der Waals surface area contributed by atoms with Gasteiger partial charge in [0.25, 0.3) is 5.91 Å². The van der Waals surface area contributed by atoms with Gasteiger partial charge in [0.15, 0.2) is 0 Å². The minimum atomic E-state index is -0.0641. The van der Waals surface area contributed by atoms with Crippen molar-refractivity contribution in [3.8, 4) is 11.5 Å². The van der Waals surface area contributed by atoms with Crippen molar-refractivity contribution in [2.24, 2.45) is 0 Å². The Balaban J connectivity index is 1.21. The van der Waals surface area contributed by atoms with Crippen LogP contribution >= 0.6 is 0 Å². The number of likely N-dealkylation sites (tertiary alicyclic amines) is 2. The summed E-state index contributed by atoms with van der Waals surface area (Å²) >= 11 is 0. The average molecular weight is 417 g/mol. The number of ether oxygens (including phenoxy) is 1. The molecule has 3 aromatic rings. The molecular formula is C23H23N5O3. The summed E-state index contributed by atoms with van der Waals surface area (Å²) in [7, 11) is 0. The lowest BCUT2D eigenvalue weighted by Gasteiger charge is -2.39. The predicted molar refractivity (Wildman–Crippen MR) is 113 cm³/mol. The number of benzene rings is 2. The van der Waals surface area contributed by atoms with Crippen molar-refractivity contribution in [2.45, 2.75) is 25.4 Å². The summed E-state index contributed by atoms with van der Waals surface area (Å²) in [6, 6.07) is 16.8. The molecule has 8 nitrogen and oxygen atoms in total. The van der Waals surface area contributed by atoms with Gasteiger partial charge in [0.1, 0.15) is 17.2 Å². The van der Waals surface area contributed by atoms with Gasteiger partial charge in [-0.2, -0.15) is 0 Å². The number of para-hydroxylation sites is 2. The van der Waals surface area contributed by atoms with E-state index < -0.39 is 0 Å². The van der Waals surface area contributed by atoms with Crippen molar-refractivity contribution >= 4 is 11.8 Å². The predicted octanol–water partition coefficient (Wildman–Crippen LogP) is 2.89. The van der Waals surface area contributed by atoms with Crippen LogP contribution in [-0.2, 0) is 11.3 Å². The van der Waals surface area contributed by atoms with Gasteiger partial charge in [-0.15, -0.1) is 5.10 Å². The van der Waals surface area contributed by atoms with Crippen LogP contribution < -0.4 is 4.74 Å². The van der Waals surface area contributed by atoms with Crippen molar-refractivity contribution in [3.05, 3.63) is 72.1 Å². The SMILES string of the molecule is O=C1CCCN1Cc1cn(C2CN(C(=O)c3ccccc3Oc3ccccc3)C2)nn1. The fourth-order valence-electron chi connectivity index (χ4n) is 3.94. The van der Waals surface area contributed by atoms with E-state index in [2.05, 4.69) is 10.3 Å². The molecule has 0 saturated carbocycles. The summed E-state index contributed by atoms with van der Waals surface area (Å²) in [5.41, 5.74) is 1.32. The van der Waals surface area contributed by atoms with E-state index in [1.807, 2.05) is 53.6 Å². The Hall–Kier alpha value is -3.68. The van der Waals surface area contributed by atoms with Gasteiger partial charge in [-0.05, 0) is 30.7 Å². The molecule has 2 fully saturated rings. The summed E-state index contributed by atoms with van der Waals surface area (Å²) in [4.78, 5) is 28.4. The number of hydrogen-bond acceptors (Lipinski definition) is 5. The summed E-state index contributed by atoms with van der Waals surface area (Å²) in [5, 5.41) is 8.41. The fraction of sp³-hybridized carbons (Fsp3) is 0.304. The molecule has 0 N–H and O–H groups in total. The van der Waals surface area contributed by atoms with E-state index >= 15 is 0 Å². The molecule has 2 aliphatic rings. The van der Waals surface area contributed by atoms with Gasteiger partial charge in [0.2, 0.25) is 5.91 Å². The van der Waals surface area contributed by atoms with Crippen LogP contribution in [-0.4, -0.2) is 56.2 Å². The first kappa shape index (κ1) is 19.3. The van der Waals surface area contributed by atoms with Crippen LogP contribution in [0.1, 0.15) is 34.9 Å². The van der Waals surface area contributed by atoms with Gasteiger partial charge in [-0.25, -0.2) is 4.68 Å². The number of carbonyl (C=O) groups is 2.